The van der Waals surface area contributed by atoms with Gasteiger partial charge in [0.25, 0.3) is 0 Å². The fraction of sp³-hybridized carbons (Fsp3) is 0.667. The van der Waals surface area contributed by atoms with Crippen LogP contribution in [0, 0.1) is 11.7 Å². The van der Waals surface area contributed by atoms with Crippen LogP contribution in [0.1, 0.15) is 64.4 Å². The van der Waals surface area contributed by atoms with Crippen molar-refractivity contribution in [1.29, 1.82) is 0 Å². The Balaban J connectivity index is 2.10. The van der Waals surface area contributed by atoms with E-state index >= 15 is 0 Å². The largest absolute Gasteiger partial charge is 0.312 e. The van der Waals surface area contributed by atoms with Crippen LogP contribution in [0.15, 0.2) is 24.3 Å². The molecule has 1 fully saturated rings. The Labute approximate surface area is 123 Å². The Bertz CT molecular complexity index is 404. The zero-order valence-electron chi connectivity index (χ0n) is 13.1. The lowest BCUT2D eigenvalue weighted by Gasteiger charge is -2.30. The van der Waals surface area contributed by atoms with Crippen LogP contribution in [0.2, 0.25) is 0 Å². The molecule has 2 atom stereocenters. The fourth-order valence-electron chi connectivity index (χ4n) is 3.21. The Morgan fingerprint density at radius 1 is 1.05 bits per heavy atom. The number of hydrogen-bond donors (Lipinski definition) is 1. The first kappa shape index (κ1) is 15.5. The predicted octanol–water partition coefficient (Wildman–Crippen LogP) is 4.88. The van der Waals surface area contributed by atoms with Gasteiger partial charge in [0, 0.05) is 5.54 Å². The Morgan fingerprint density at radius 3 is 2.35 bits per heavy atom. The summed E-state index contributed by atoms with van der Waals surface area (Å²) in [7, 11) is 0. The molecule has 0 heterocycles. The number of hydrogen-bond acceptors (Lipinski definition) is 1. The molecule has 0 bridgehead atoms. The minimum atomic E-state index is -0.133. The molecule has 20 heavy (non-hydrogen) atoms. The number of benzene rings is 1. The summed E-state index contributed by atoms with van der Waals surface area (Å²) < 4.78 is 13.1. The van der Waals surface area contributed by atoms with Crippen LogP contribution in [-0.2, 0) is 0 Å². The van der Waals surface area contributed by atoms with Crippen LogP contribution in [0.5, 0.6) is 0 Å². The van der Waals surface area contributed by atoms with E-state index in [1.165, 1.54) is 37.7 Å². The second-order valence-corrected chi connectivity index (χ2v) is 7.19. The second-order valence-electron chi connectivity index (χ2n) is 7.19. The van der Waals surface area contributed by atoms with E-state index in [0.717, 1.165) is 6.54 Å². The molecule has 1 aromatic carbocycles. The number of rotatable bonds is 3. The normalized spacial score (nSPS) is 24.4. The molecule has 1 aliphatic rings. The Morgan fingerprint density at radius 2 is 1.70 bits per heavy atom. The van der Waals surface area contributed by atoms with Crippen molar-refractivity contribution < 1.29 is 4.39 Å². The Kier molecular flexibility index (Phi) is 5.20. The van der Waals surface area contributed by atoms with Crippen LogP contribution in [0.3, 0.4) is 0 Å². The molecule has 1 nitrogen and oxygen atoms in total. The van der Waals surface area contributed by atoms with Gasteiger partial charge in [0.2, 0.25) is 0 Å². The van der Waals surface area contributed by atoms with Gasteiger partial charge in [0.1, 0.15) is 5.82 Å². The summed E-state index contributed by atoms with van der Waals surface area (Å²) in [5, 5.41) is 3.66. The zero-order valence-corrected chi connectivity index (χ0v) is 13.1. The monoisotopic (exact) mass is 277 g/mol. The van der Waals surface area contributed by atoms with Gasteiger partial charge >= 0.3 is 0 Å². The highest BCUT2D eigenvalue weighted by Gasteiger charge is 2.26. The van der Waals surface area contributed by atoms with Gasteiger partial charge in [-0.1, -0.05) is 31.4 Å². The van der Waals surface area contributed by atoms with Crippen molar-refractivity contribution in [2.45, 2.75) is 64.3 Å². The molecule has 0 aromatic heterocycles. The molecule has 0 spiro atoms. The van der Waals surface area contributed by atoms with Gasteiger partial charge in [-0.3, -0.25) is 0 Å². The van der Waals surface area contributed by atoms with Crippen LogP contribution >= 0.6 is 0 Å². The van der Waals surface area contributed by atoms with Gasteiger partial charge in [-0.25, -0.2) is 4.39 Å². The maximum absolute atomic E-state index is 13.1. The lowest BCUT2D eigenvalue weighted by atomic mass is 9.82. The first-order chi connectivity index (χ1) is 9.46. The summed E-state index contributed by atoms with van der Waals surface area (Å²) in [4.78, 5) is 0. The molecule has 0 aliphatic heterocycles. The van der Waals surface area contributed by atoms with E-state index in [2.05, 4.69) is 26.1 Å². The average Bonchev–Trinajstić information content (AvgIpc) is 2.62. The van der Waals surface area contributed by atoms with Crippen LogP contribution < -0.4 is 5.32 Å². The quantitative estimate of drug-likeness (QED) is 0.777. The highest BCUT2D eigenvalue weighted by molar-refractivity contribution is 5.21. The highest BCUT2D eigenvalue weighted by atomic mass is 19.1. The lowest BCUT2D eigenvalue weighted by molar-refractivity contribution is 0.322. The van der Waals surface area contributed by atoms with Crippen LogP contribution in [0.25, 0.3) is 0 Å². The molecule has 0 radical (unpaired) electrons. The van der Waals surface area contributed by atoms with Crippen molar-refractivity contribution in [3.8, 4) is 0 Å². The van der Waals surface area contributed by atoms with E-state index in [0.29, 0.717) is 11.8 Å². The van der Waals surface area contributed by atoms with E-state index in [-0.39, 0.29) is 11.4 Å². The molecule has 1 saturated carbocycles. The van der Waals surface area contributed by atoms with E-state index in [1.807, 2.05) is 12.1 Å². The molecular formula is C18H28FN. The van der Waals surface area contributed by atoms with Crippen molar-refractivity contribution in [2.24, 2.45) is 5.92 Å². The molecule has 2 heteroatoms. The second kappa shape index (κ2) is 6.71. The van der Waals surface area contributed by atoms with Crippen molar-refractivity contribution in [3.05, 3.63) is 35.6 Å². The third-order valence-electron chi connectivity index (χ3n) is 4.35. The first-order valence-electron chi connectivity index (χ1n) is 7.96. The molecule has 0 amide bonds. The SMILES string of the molecule is CC(C)(C)NCC1CCCCCC1c1ccc(F)cc1. The standard InChI is InChI=1S/C18H28FN/c1-18(2,3)20-13-15-7-5-4-6-8-17(15)14-9-11-16(19)12-10-14/h9-12,15,17,20H,4-8,13H2,1-3H3. The fourth-order valence-corrected chi connectivity index (χ4v) is 3.21. The smallest absolute Gasteiger partial charge is 0.123 e. The summed E-state index contributed by atoms with van der Waals surface area (Å²) in [6.45, 7) is 7.72. The minimum Gasteiger partial charge on any atom is -0.312 e. The summed E-state index contributed by atoms with van der Waals surface area (Å²) >= 11 is 0. The molecule has 112 valence electrons. The van der Waals surface area contributed by atoms with Gasteiger partial charge in [0.05, 0.1) is 0 Å². The maximum Gasteiger partial charge on any atom is 0.123 e. The van der Waals surface area contributed by atoms with Crippen molar-refractivity contribution in [3.63, 3.8) is 0 Å². The number of nitrogens with one attached hydrogen (secondary N) is 1. The predicted molar refractivity (Wildman–Crippen MR) is 83.5 cm³/mol. The van der Waals surface area contributed by atoms with Crippen molar-refractivity contribution in [2.75, 3.05) is 6.54 Å². The summed E-state index contributed by atoms with van der Waals surface area (Å²) in [5.41, 5.74) is 1.48. The summed E-state index contributed by atoms with van der Waals surface area (Å²) in [6.07, 6.45) is 6.49. The van der Waals surface area contributed by atoms with Gasteiger partial charge in [0.15, 0.2) is 0 Å². The summed E-state index contributed by atoms with van der Waals surface area (Å²) in [5.74, 6) is 1.11. The topological polar surface area (TPSA) is 12.0 Å². The first-order valence-corrected chi connectivity index (χ1v) is 7.96. The lowest BCUT2D eigenvalue weighted by Crippen LogP contribution is -2.40. The highest BCUT2D eigenvalue weighted by Crippen LogP contribution is 2.36. The van der Waals surface area contributed by atoms with Crippen molar-refractivity contribution >= 4 is 0 Å². The van der Waals surface area contributed by atoms with Crippen LogP contribution in [0.4, 0.5) is 4.39 Å². The molecule has 1 aromatic rings. The number of halogens is 1. The molecule has 2 unspecified atom stereocenters. The van der Waals surface area contributed by atoms with E-state index < -0.39 is 0 Å². The third-order valence-corrected chi connectivity index (χ3v) is 4.35. The van der Waals surface area contributed by atoms with Gasteiger partial charge in [-0.15, -0.1) is 0 Å². The van der Waals surface area contributed by atoms with Crippen LogP contribution in [-0.4, -0.2) is 12.1 Å². The molecular weight excluding hydrogens is 249 g/mol. The minimum absolute atomic E-state index is 0.133. The van der Waals surface area contributed by atoms with E-state index in [1.54, 1.807) is 12.1 Å². The molecule has 2 rings (SSSR count). The summed E-state index contributed by atoms with van der Waals surface area (Å²) in [6, 6.07) is 7.17. The molecule has 0 saturated heterocycles. The van der Waals surface area contributed by atoms with Gasteiger partial charge in [-0.2, -0.15) is 0 Å². The van der Waals surface area contributed by atoms with Crippen molar-refractivity contribution in [1.82, 2.24) is 5.32 Å². The van der Waals surface area contributed by atoms with Gasteiger partial charge < -0.3 is 5.32 Å². The molecule has 1 N–H and O–H groups in total. The zero-order chi connectivity index (χ0) is 14.6. The van der Waals surface area contributed by atoms with E-state index in [4.69, 9.17) is 0 Å². The van der Waals surface area contributed by atoms with Gasteiger partial charge in [-0.05, 0) is 69.7 Å². The van der Waals surface area contributed by atoms with E-state index in [9.17, 15) is 4.39 Å². The molecule has 1 aliphatic carbocycles. The Hall–Kier alpha value is -0.890. The third kappa shape index (κ3) is 4.59. The average molecular weight is 277 g/mol. The maximum atomic E-state index is 13.1.